The van der Waals surface area contributed by atoms with Crippen LogP contribution in [-0.4, -0.2) is 0 Å². The molecule has 3 heterocycles. The molecule has 0 atom stereocenters. The average Bonchev–Trinajstić information content (AvgIpc) is 3.93. The number of furan rings is 1. The van der Waals surface area contributed by atoms with Crippen molar-refractivity contribution in [3.05, 3.63) is 170 Å². The molecule has 0 aliphatic heterocycles. The predicted molar refractivity (Wildman–Crippen MR) is 231 cm³/mol. The molecule has 0 fully saturated rings. The van der Waals surface area contributed by atoms with Gasteiger partial charge >= 0.3 is 0 Å². The minimum absolute atomic E-state index is 0.922. The van der Waals surface area contributed by atoms with Crippen molar-refractivity contribution >= 4 is 107 Å². The van der Waals surface area contributed by atoms with Crippen molar-refractivity contribution < 1.29 is 4.42 Å². The first-order valence-electron chi connectivity index (χ1n) is 18.0. The molecule has 3 aromatic heterocycles. The van der Waals surface area contributed by atoms with Crippen LogP contribution in [0.2, 0.25) is 0 Å². The molecule has 0 saturated carbocycles. The second-order valence-corrected chi connectivity index (χ2v) is 16.1. The molecule has 0 amide bonds. The van der Waals surface area contributed by atoms with E-state index in [1.807, 2.05) is 28.7 Å². The van der Waals surface area contributed by atoms with Crippen LogP contribution >= 0.6 is 22.7 Å². The van der Waals surface area contributed by atoms with Crippen molar-refractivity contribution in [3.63, 3.8) is 0 Å². The molecule has 0 N–H and O–H groups in total. The minimum Gasteiger partial charge on any atom is -0.455 e. The first-order chi connectivity index (χ1) is 26.3. The van der Waals surface area contributed by atoms with E-state index in [4.69, 9.17) is 4.42 Å². The maximum atomic E-state index is 6.55. The Morgan fingerprint density at radius 3 is 1.75 bits per heavy atom. The molecule has 0 spiro atoms. The lowest BCUT2D eigenvalue weighted by Gasteiger charge is -2.19. The normalized spacial score (nSPS) is 12.2. The SMILES string of the molecule is c1ccc(-c2cc3c(-c4c5ccccc5c(-c5ccc6ccc7c8ccccc8oc7c6c5)c5ccccc45)c4sc5ccccc5c4cc3s2)cc1. The topological polar surface area (TPSA) is 13.1 Å². The highest BCUT2D eigenvalue weighted by Crippen LogP contribution is 2.52. The Hall–Kier alpha value is -6.26. The van der Waals surface area contributed by atoms with E-state index in [-0.39, 0.29) is 0 Å². The van der Waals surface area contributed by atoms with Gasteiger partial charge in [0.1, 0.15) is 11.2 Å². The Labute approximate surface area is 312 Å². The highest BCUT2D eigenvalue weighted by atomic mass is 32.1. The molecule has 1 nitrogen and oxygen atoms in total. The monoisotopic (exact) mass is 708 g/mol. The van der Waals surface area contributed by atoms with Gasteiger partial charge in [-0.05, 0) is 85.6 Å². The van der Waals surface area contributed by atoms with Crippen molar-refractivity contribution in [1.82, 2.24) is 0 Å². The molecule has 0 unspecified atom stereocenters. The molecule has 0 radical (unpaired) electrons. The average molecular weight is 709 g/mol. The molecule has 12 rings (SSSR count). The summed E-state index contributed by atoms with van der Waals surface area (Å²) in [5, 5.41) is 13.6. The summed E-state index contributed by atoms with van der Waals surface area (Å²) in [5.74, 6) is 0. The Morgan fingerprint density at radius 2 is 0.981 bits per heavy atom. The van der Waals surface area contributed by atoms with Crippen LogP contribution in [0.25, 0.3) is 117 Å². The summed E-state index contributed by atoms with van der Waals surface area (Å²) >= 11 is 3.81. The van der Waals surface area contributed by atoms with E-state index >= 15 is 0 Å². The highest BCUT2D eigenvalue weighted by molar-refractivity contribution is 7.27. The van der Waals surface area contributed by atoms with Gasteiger partial charge in [0, 0.05) is 56.9 Å². The first kappa shape index (κ1) is 29.3. The molecule has 0 aliphatic rings. The molecule has 0 bridgehead atoms. The zero-order chi connectivity index (χ0) is 34.6. The van der Waals surface area contributed by atoms with Crippen LogP contribution in [-0.2, 0) is 0 Å². The third kappa shape index (κ3) is 4.24. The van der Waals surface area contributed by atoms with Gasteiger partial charge in [-0.2, -0.15) is 0 Å². The standard InChI is InChI=1S/C50H28OS2/c1-2-12-30(13-3-1)44-28-41-45(52-44)27-40-33-15-9-11-21-43(33)53-50(40)48(41)47-36-18-6-4-16-34(36)46(35-17-5-7-19-37(35)47)31-23-22-29-24-25-38-32-14-8-10-20-42(32)51-49(38)39(29)26-31/h1-28H. The van der Waals surface area contributed by atoms with Gasteiger partial charge in [-0.1, -0.05) is 133 Å². The summed E-state index contributed by atoms with van der Waals surface area (Å²) in [5.41, 5.74) is 8.21. The van der Waals surface area contributed by atoms with Crippen molar-refractivity contribution in [2.45, 2.75) is 0 Å². The predicted octanol–water partition coefficient (Wildman–Crippen LogP) is 15.6. The number of hydrogen-bond acceptors (Lipinski definition) is 3. The summed E-state index contributed by atoms with van der Waals surface area (Å²) in [6.45, 7) is 0. The van der Waals surface area contributed by atoms with Gasteiger partial charge in [-0.3, -0.25) is 0 Å². The van der Waals surface area contributed by atoms with Gasteiger partial charge in [0.05, 0.1) is 0 Å². The molecule has 53 heavy (non-hydrogen) atoms. The second-order valence-electron chi connectivity index (χ2n) is 13.9. The van der Waals surface area contributed by atoms with Crippen LogP contribution in [0.5, 0.6) is 0 Å². The smallest absolute Gasteiger partial charge is 0.143 e. The summed E-state index contributed by atoms with van der Waals surface area (Å²) in [4.78, 5) is 1.29. The van der Waals surface area contributed by atoms with Crippen LogP contribution in [0.15, 0.2) is 174 Å². The van der Waals surface area contributed by atoms with E-state index in [9.17, 15) is 0 Å². The van der Waals surface area contributed by atoms with Crippen molar-refractivity contribution in [2.24, 2.45) is 0 Å². The molecule has 12 aromatic rings. The van der Waals surface area contributed by atoms with E-state index in [2.05, 4.69) is 164 Å². The fourth-order valence-corrected chi connectivity index (χ4v) is 11.1. The number of para-hydroxylation sites is 1. The zero-order valence-corrected chi connectivity index (χ0v) is 30.0. The van der Waals surface area contributed by atoms with E-state index in [1.54, 1.807) is 0 Å². The van der Waals surface area contributed by atoms with Gasteiger partial charge in [0.2, 0.25) is 0 Å². The quantitative estimate of drug-likeness (QED) is 0.167. The molecule has 0 aliphatic carbocycles. The van der Waals surface area contributed by atoms with Crippen LogP contribution < -0.4 is 0 Å². The molecule has 0 saturated heterocycles. The fraction of sp³-hybridized carbons (Fsp3) is 0. The molecular formula is C50H28OS2. The zero-order valence-electron chi connectivity index (χ0n) is 28.4. The first-order valence-corrected chi connectivity index (χ1v) is 19.6. The van der Waals surface area contributed by atoms with Crippen molar-refractivity contribution in [2.75, 3.05) is 0 Å². The number of fused-ring (bicyclic) bond motifs is 11. The van der Waals surface area contributed by atoms with E-state index < -0.39 is 0 Å². The van der Waals surface area contributed by atoms with E-state index in [1.165, 1.54) is 89.9 Å². The van der Waals surface area contributed by atoms with Gasteiger partial charge < -0.3 is 4.42 Å². The second kappa shape index (κ2) is 11.1. The van der Waals surface area contributed by atoms with Crippen molar-refractivity contribution in [3.8, 4) is 32.7 Å². The lowest BCUT2D eigenvalue weighted by atomic mass is 9.84. The maximum absolute atomic E-state index is 6.55. The Morgan fingerprint density at radius 1 is 0.340 bits per heavy atom. The van der Waals surface area contributed by atoms with Gasteiger partial charge in [-0.25, -0.2) is 0 Å². The lowest BCUT2D eigenvalue weighted by molar-refractivity contribution is 0.672. The summed E-state index contributed by atoms with van der Waals surface area (Å²) in [6, 6.07) is 62.4. The van der Waals surface area contributed by atoms with Crippen LogP contribution in [0.3, 0.4) is 0 Å². The third-order valence-corrected chi connectivity index (χ3v) is 13.4. The number of benzene rings is 9. The lowest BCUT2D eigenvalue weighted by Crippen LogP contribution is -1.91. The minimum atomic E-state index is 0.922. The van der Waals surface area contributed by atoms with Crippen LogP contribution in [0.1, 0.15) is 0 Å². The van der Waals surface area contributed by atoms with Gasteiger partial charge in [-0.15, -0.1) is 22.7 Å². The Bertz CT molecular complexity index is 3390. The van der Waals surface area contributed by atoms with Gasteiger partial charge in [0.25, 0.3) is 0 Å². The molecular weight excluding hydrogens is 681 g/mol. The molecule has 9 aromatic carbocycles. The fourth-order valence-electron chi connectivity index (χ4n) is 8.71. The number of thiophene rings is 2. The summed E-state index contributed by atoms with van der Waals surface area (Å²) < 4.78 is 10.5. The molecule has 246 valence electrons. The maximum Gasteiger partial charge on any atom is 0.143 e. The van der Waals surface area contributed by atoms with E-state index in [0.717, 1.165) is 27.3 Å². The third-order valence-electron chi connectivity index (χ3n) is 11.1. The highest BCUT2D eigenvalue weighted by Gasteiger charge is 2.23. The van der Waals surface area contributed by atoms with Crippen LogP contribution in [0, 0.1) is 0 Å². The Balaban J connectivity index is 1.21. The number of rotatable bonds is 3. The molecule has 3 heteroatoms. The van der Waals surface area contributed by atoms with E-state index in [0.29, 0.717) is 0 Å². The Kier molecular flexibility index (Phi) is 6.15. The van der Waals surface area contributed by atoms with Gasteiger partial charge in [0.15, 0.2) is 0 Å². The summed E-state index contributed by atoms with van der Waals surface area (Å²) in [7, 11) is 0. The summed E-state index contributed by atoms with van der Waals surface area (Å²) in [6.07, 6.45) is 0. The number of hydrogen-bond donors (Lipinski definition) is 0. The van der Waals surface area contributed by atoms with Crippen molar-refractivity contribution in [1.29, 1.82) is 0 Å². The largest absolute Gasteiger partial charge is 0.455 e. The van der Waals surface area contributed by atoms with Crippen LogP contribution in [0.4, 0.5) is 0 Å².